The van der Waals surface area contributed by atoms with Crippen molar-refractivity contribution in [3.05, 3.63) is 23.8 Å². The van der Waals surface area contributed by atoms with E-state index in [9.17, 15) is 18.0 Å². The predicted octanol–water partition coefficient (Wildman–Crippen LogP) is 2.95. The van der Waals surface area contributed by atoms with Crippen LogP contribution in [0.15, 0.2) is 18.2 Å². The van der Waals surface area contributed by atoms with Crippen LogP contribution in [0.5, 0.6) is 11.5 Å². The Morgan fingerprint density at radius 2 is 1.71 bits per heavy atom. The van der Waals surface area contributed by atoms with Gasteiger partial charge in [0.05, 0.1) is 14.2 Å². The molecule has 0 heterocycles. The van der Waals surface area contributed by atoms with E-state index in [-0.39, 0.29) is 18.0 Å². The Hall–Kier alpha value is -1.63. The number of hydrogen-bond donors (Lipinski definition) is 0. The van der Waals surface area contributed by atoms with E-state index in [1.54, 1.807) is 0 Å². The zero-order valence-electron chi connectivity index (χ0n) is 11.5. The van der Waals surface area contributed by atoms with Crippen molar-refractivity contribution in [2.24, 2.45) is 0 Å². The van der Waals surface area contributed by atoms with Crippen LogP contribution in [0, 0.1) is 0 Å². The first-order valence-corrected chi connectivity index (χ1v) is 6.49. The zero-order valence-corrected chi connectivity index (χ0v) is 12.3. The molecule has 0 fully saturated rings. The fraction of sp³-hybridized carbons (Fsp3) is 0.462. The number of carbonyl (C=O) groups excluding carboxylic acids is 1. The molecular weight excluding hydrogens is 311 g/mol. The second kappa shape index (κ2) is 7.40. The molecule has 0 radical (unpaired) electrons. The number of carbonyl (C=O) groups is 1. The van der Waals surface area contributed by atoms with Crippen molar-refractivity contribution in [2.45, 2.75) is 6.18 Å². The number of alkyl halides is 4. The van der Waals surface area contributed by atoms with E-state index in [2.05, 4.69) is 0 Å². The van der Waals surface area contributed by atoms with E-state index >= 15 is 0 Å². The predicted molar refractivity (Wildman–Crippen MR) is 72.2 cm³/mol. The van der Waals surface area contributed by atoms with Gasteiger partial charge in [-0.3, -0.25) is 4.79 Å². The van der Waals surface area contributed by atoms with Crippen LogP contribution in [0.2, 0.25) is 0 Å². The molecule has 0 aliphatic carbocycles. The highest BCUT2D eigenvalue weighted by Crippen LogP contribution is 2.25. The molecular formula is C13H15ClF3NO3. The van der Waals surface area contributed by atoms with Crippen molar-refractivity contribution in [2.75, 3.05) is 33.2 Å². The van der Waals surface area contributed by atoms with Crippen LogP contribution in [-0.2, 0) is 0 Å². The van der Waals surface area contributed by atoms with Crippen LogP contribution in [0.3, 0.4) is 0 Å². The first-order chi connectivity index (χ1) is 9.80. The molecule has 4 nitrogen and oxygen atoms in total. The van der Waals surface area contributed by atoms with Gasteiger partial charge in [0.1, 0.15) is 18.0 Å². The van der Waals surface area contributed by atoms with Crippen molar-refractivity contribution < 1.29 is 27.4 Å². The molecule has 0 bridgehead atoms. The molecule has 1 aromatic carbocycles. The van der Waals surface area contributed by atoms with E-state index in [0.29, 0.717) is 16.4 Å². The summed E-state index contributed by atoms with van der Waals surface area (Å²) in [6.07, 6.45) is -4.50. The van der Waals surface area contributed by atoms with Gasteiger partial charge in [-0.05, 0) is 12.1 Å². The van der Waals surface area contributed by atoms with E-state index in [4.69, 9.17) is 21.1 Å². The molecule has 118 valence electrons. The summed E-state index contributed by atoms with van der Waals surface area (Å²) in [6, 6.07) is 4.22. The van der Waals surface area contributed by atoms with Crippen LogP contribution in [0.25, 0.3) is 0 Å². The Balaban J connectivity index is 3.07. The van der Waals surface area contributed by atoms with Gasteiger partial charge < -0.3 is 14.4 Å². The summed E-state index contributed by atoms with van der Waals surface area (Å²) in [6.45, 7) is -1.57. The SMILES string of the molecule is COc1cc(OC)cc(C(=O)N(CCCl)CC(F)(F)F)c1. The summed E-state index contributed by atoms with van der Waals surface area (Å²) < 4.78 is 47.5. The average molecular weight is 326 g/mol. The summed E-state index contributed by atoms with van der Waals surface area (Å²) in [5.74, 6) is -0.251. The van der Waals surface area contributed by atoms with Gasteiger partial charge in [-0.15, -0.1) is 11.6 Å². The van der Waals surface area contributed by atoms with Crippen molar-refractivity contribution in [1.82, 2.24) is 4.90 Å². The van der Waals surface area contributed by atoms with Crippen molar-refractivity contribution in [1.29, 1.82) is 0 Å². The normalized spacial score (nSPS) is 11.1. The van der Waals surface area contributed by atoms with Gasteiger partial charge in [0.15, 0.2) is 0 Å². The number of amides is 1. The van der Waals surface area contributed by atoms with Crippen LogP contribution in [0.4, 0.5) is 13.2 Å². The molecule has 0 aliphatic rings. The van der Waals surface area contributed by atoms with Gasteiger partial charge in [0.25, 0.3) is 5.91 Å². The number of methoxy groups -OCH3 is 2. The minimum Gasteiger partial charge on any atom is -0.497 e. The summed E-state index contributed by atoms with van der Waals surface area (Å²) in [4.78, 5) is 12.8. The molecule has 0 saturated carbocycles. The molecule has 1 aromatic rings. The van der Waals surface area contributed by atoms with E-state index in [1.165, 1.54) is 32.4 Å². The number of benzene rings is 1. The smallest absolute Gasteiger partial charge is 0.406 e. The third-order valence-electron chi connectivity index (χ3n) is 2.61. The average Bonchev–Trinajstić information content (AvgIpc) is 2.44. The Morgan fingerprint density at radius 1 is 1.19 bits per heavy atom. The van der Waals surface area contributed by atoms with Crippen molar-refractivity contribution in [3.8, 4) is 11.5 Å². The molecule has 0 aromatic heterocycles. The quantitative estimate of drug-likeness (QED) is 0.755. The Labute approximate surface area is 125 Å². The summed E-state index contributed by atoms with van der Waals surface area (Å²) in [5, 5.41) is 0. The van der Waals surface area contributed by atoms with Crippen molar-refractivity contribution >= 4 is 17.5 Å². The summed E-state index contributed by atoms with van der Waals surface area (Å²) >= 11 is 5.46. The number of rotatable bonds is 6. The molecule has 0 spiro atoms. The largest absolute Gasteiger partial charge is 0.497 e. The molecule has 8 heteroatoms. The lowest BCUT2D eigenvalue weighted by Crippen LogP contribution is -2.40. The maximum Gasteiger partial charge on any atom is 0.406 e. The molecule has 0 N–H and O–H groups in total. The second-order valence-electron chi connectivity index (χ2n) is 4.13. The summed E-state index contributed by atoms with van der Waals surface area (Å²) in [7, 11) is 2.77. The molecule has 1 amide bonds. The van der Waals surface area contributed by atoms with E-state index < -0.39 is 18.6 Å². The lowest BCUT2D eigenvalue weighted by Gasteiger charge is -2.23. The molecule has 0 atom stereocenters. The van der Waals surface area contributed by atoms with E-state index in [0.717, 1.165) is 0 Å². The first kappa shape index (κ1) is 17.4. The van der Waals surface area contributed by atoms with Crippen LogP contribution >= 0.6 is 11.6 Å². The van der Waals surface area contributed by atoms with Gasteiger partial charge >= 0.3 is 6.18 Å². The zero-order chi connectivity index (χ0) is 16.0. The van der Waals surface area contributed by atoms with Crippen LogP contribution < -0.4 is 9.47 Å². The number of hydrogen-bond acceptors (Lipinski definition) is 3. The van der Waals surface area contributed by atoms with Gasteiger partial charge in [0, 0.05) is 24.1 Å². The highest BCUT2D eigenvalue weighted by atomic mass is 35.5. The lowest BCUT2D eigenvalue weighted by molar-refractivity contribution is -0.140. The second-order valence-corrected chi connectivity index (χ2v) is 4.51. The van der Waals surface area contributed by atoms with Crippen LogP contribution in [0.1, 0.15) is 10.4 Å². The monoisotopic (exact) mass is 325 g/mol. The molecule has 0 saturated heterocycles. The Bertz CT molecular complexity index is 472. The Morgan fingerprint density at radius 3 is 2.10 bits per heavy atom. The molecule has 0 unspecified atom stereocenters. The van der Waals surface area contributed by atoms with Gasteiger partial charge in [-0.25, -0.2) is 0 Å². The highest BCUT2D eigenvalue weighted by Gasteiger charge is 2.33. The molecule has 1 rings (SSSR count). The highest BCUT2D eigenvalue weighted by molar-refractivity contribution is 6.18. The summed E-state index contributed by atoms with van der Waals surface area (Å²) in [5.41, 5.74) is 0.0422. The van der Waals surface area contributed by atoms with E-state index in [1.807, 2.05) is 0 Å². The number of halogens is 4. The molecule has 21 heavy (non-hydrogen) atoms. The Kier molecular flexibility index (Phi) is 6.14. The standard InChI is InChI=1S/C13H15ClF3NO3/c1-20-10-5-9(6-11(7-10)21-2)12(19)18(4-3-14)8-13(15,16)17/h5-7H,3-4,8H2,1-2H3. The maximum atomic E-state index is 12.5. The first-order valence-electron chi connectivity index (χ1n) is 5.95. The fourth-order valence-corrected chi connectivity index (χ4v) is 1.89. The topological polar surface area (TPSA) is 38.8 Å². The minimum atomic E-state index is -4.50. The number of nitrogens with zero attached hydrogens (tertiary/aromatic N) is 1. The minimum absolute atomic E-state index is 0.0422. The maximum absolute atomic E-state index is 12.5. The third kappa shape index (κ3) is 5.34. The fourth-order valence-electron chi connectivity index (χ4n) is 1.68. The van der Waals surface area contributed by atoms with Gasteiger partial charge in [0.2, 0.25) is 0 Å². The van der Waals surface area contributed by atoms with Gasteiger partial charge in [-0.1, -0.05) is 0 Å². The molecule has 0 aliphatic heterocycles. The van der Waals surface area contributed by atoms with Gasteiger partial charge in [-0.2, -0.15) is 13.2 Å². The lowest BCUT2D eigenvalue weighted by atomic mass is 10.1. The van der Waals surface area contributed by atoms with Crippen molar-refractivity contribution in [3.63, 3.8) is 0 Å². The number of ether oxygens (including phenoxy) is 2. The third-order valence-corrected chi connectivity index (χ3v) is 2.78. The van der Waals surface area contributed by atoms with Crippen LogP contribution in [-0.4, -0.2) is 50.2 Å².